The molecular weight excluding hydrogens is 378 g/mol. The average molecular weight is 412 g/mol. The highest BCUT2D eigenvalue weighted by molar-refractivity contribution is 5.89. The van der Waals surface area contributed by atoms with Crippen LogP contribution in [-0.4, -0.2) is 46.9 Å². The van der Waals surface area contributed by atoms with Gasteiger partial charge in [0.1, 0.15) is 11.9 Å². The van der Waals surface area contributed by atoms with E-state index in [1.807, 2.05) is 58.0 Å². The maximum absolute atomic E-state index is 13.0. The zero-order valence-corrected chi connectivity index (χ0v) is 18.3. The molecule has 0 saturated heterocycles. The lowest BCUT2D eigenvalue weighted by atomic mass is 10.0. The molecule has 1 aromatic carbocycles. The number of pyridine rings is 1. The van der Waals surface area contributed by atoms with Crippen LogP contribution in [0.4, 0.5) is 5.82 Å². The first kappa shape index (κ1) is 23.3. The SMILES string of the molecule is CCN(CC)C(C)C(=O)N[C@@H](Cc1cccc(C)c1)C(=O)NCc1ccc(N)nc1. The van der Waals surface area contributed by atoms with Gasteiger partial charge in [-0.3, -0.25) is 14.5 Å². The molecule has 0 fully saturated rings. The van der Waals surface area contributed by atoms with E-state index in [0.717, 1.165) is 29.8 Å². The molecule has 30 heavy (non-hydrogen) atoms. The minimum atomic E-state index is -0.668. The highest BCUT2D eigenvalue weighted by Gasteiger charge is 2.26. The summed E-state index contributed by atoms with van der Waals surface area (Å²) in [5.74, 6) is 0.0501. The third-order valence-electron chi connectivity index (χ3n) is 5.21. The van der Waals surface area contributed by atoms with Crippen LogP contribution in [0.5, 0.6) is 0 Å². The van der Waals surface area contributed by atoms with Crippen molar-refractivity contribution < 1.29 is 9.59 Å². The molecule has 0 aliphatic rings. The van der Waals surface area contributed by atoms with Gasteiger partial charge in [-0.1, -0.05) is 49.7 Å². The summed E-state index contributed by atoms with van der Waals surface area (Å²) in [6.07, 6.45) is 2.05. The molecule has 1 unspecified atom stereocenters. The van der Waals surface area contributed by atoms with E-state index < -0.39 is 6.04 Å². The molecule has 2 rings (SSSR count). The van der Waals surface area contributed by atoms with Crippen LogP contribution in [0.15, 0.2) is 42.6 Å². The fraction of sp³-hybridized carbons (Fsp3) is 0.435. The van der Waals surface area contributed by atoms with E-state index in [9.17, 15) is 9.59 Å². The zero-order valence-electron chi connectivity index (χ0n) is 18.3. The molecule has 4 N–H and O–H groups in total. The third-order valence-corrected chi connectivity index (χ3v) is 5.21. The minimum absolute atomic E-state index is 0.152. The Morgan fingerprint density at radius 3 is 2.43 bits per heavy atom. The van der Waals surface area contributed by atoms with Crippen LogP contribution in [0.25, 0.3) is 0 Å². The van der Waals surface area contributed by atoms with Gasteiger partial charge in [-0.15, -0.1) is 0 Å². The number of nitrogen functional groups attached to an aromatic ring is 1. The van der Waals surface area contributed by atoms with Gasteiger partial charge < -0.3 is 16.4 Å². The summed E-state index contributed by atoms with van der Waals surface area (Å²) in [5.41, 5.74) is 8.57. The van der Waals surface area contributed by atoms with Crippen LogP contribution in [0.3, 0.4) is 0 Å². The Kier molecular flexibility index (Phi) is 8.80. The Bertz CT molecular complexity index is 834. The summed E-state index contributed by atoms with van der Waals surface area (Å²) < 4.78 is 0. The molecule has 7 heteroatoms. The lowest BCUT2D eigenvalue weighted by Crippen LogP contribution is -2.53. The number of likely N-dealkylation sites (N-methyl/N-ethyl adjacent to an activating group) is 1. The van der Waals surface area contributed by atoms with Crippen molar-refractivity contribution in [3.8, 4) is 0 Å². The summed E-state index contributed by atoms with van der Waals surface area (Å²) in [6.45, 7) is 9.76. The number of aryl methyl sites for hydroxylation is 1. The van der Waals surface area contributed by atoms with Crippen LogP contribution < -0.4 is 16.4 Å². The Balaban J connectivity index is 2.11. The van der Waals surface area contributed by atoms with Crippen LogP contribution in [0.2, 0.25) is 0 Å². The number of aromatic nitrogens is 1. The lowest BCUT2D eigenvalue weighted by molar-refractivity contribution is -0.131. The zero-order chi connectivity index (χ0) is 22.1. The van der Waals surface area contributed by atoms with E-state index in [0.29, 0.717) is 18.8 Å². The van der Waals surface area contributed by atoms with Gasteiger partial charge in [-0.2, -0.15) is 0 Å². The average Bonchev–Trinajstić information content (AvgIpc) is 2.73. The largest absolute Gasteiger partial charge is 0.384 e. The number of hydrogen-bond acceptors (Lipinski definition) is 5. The lowest BCUT2D eigenvalue weighted by Gasteiger charge is -2.27. The molecule has 0 spiro atoms. The molecule has 7 nitrogen and oxygen atoms in total. The van der Waals surface area contributed by atoms with Gasteiger partial charge in [0.2, 0.25) is 11.8 Å². The van der Waals surface area contributed by atoms with Gasteiger partial charge in [0.15, 0.2) is 0 Å². The van der Waals surface area contributed by atoms with Gasteiger partial charge in [0, 0.05) is 19.2 Å². The quantitative estimate of drug-likeness (QED) is 0.556. The van der Waals surface area contributed by atoms with Crippen molar-refractivity contribution in [3.63, 3.8) is 0 Å². The molecule has 1 aromatic heterocycles. The minimum Gasteiger partial charge on any atom is -0.384 e. The standard InChI is InChI=1S/C23H33N5O2/c1-5-28(6-2)17(4)22(29)27-20(13-18-9-7-8-16(3)12-18)23(30)26-15-19-10-11-21(24)25-14-19/h7-12,14,17,20H,5-6,13,15H2,1-4H3,(H2,24,25)(H,26,30)(H,27,29)/t17?,20-/m0/s1. The fourth-order valence-corrected chi connectivity index (χ4v) is 3.37. The first-order valence-corrected chi connectivity index (χ1v) is 10.4. The monoisotopic (exact) mass is 411 g/mol. The summed E-state index contributed by atoms with van der Waals surface area (Å²) >= 11 is 0. The van der Waals surface area contributed by atoms with Gasteiger partial charge in [0.05, 0.1) is 6.04 Å². The fourth-order valence-electron chi connectivity index (χ4n) is 3.37. The number of rotatable bonds is 10. The van der Waals surface area contributed by atoms with Gasteiger partial charge >= 0.3 is 0 Å². The molecule has 0 bridgehead atoms. The van der Waals surface area contributed by atoms with Crippen molar-refractivity contribution in [3.05, 3.63) is 59.3 Å². The third kappa shape index (κ3) is 6.84. The summed E-state index contributed by atoms with van der Waals surface area (Å²) in [4.78, 5) is 31.9. The number of nitrogens with one attached hydrogen (secondary N) is 2. The molecule has 0 aliphatic carbocycles. The molecule has 2 atom stereocenters. The predicted octanol–water partition coefficient (Wildman–Crippen LogP) is 2.05. The second kappa shape index (κ2) is 11.3. The number of nitrogens with two attached hydrogens (primary N) is 1. The second-order valence-corrected chi connectivity index (χ2v) is 7.46. The molecule has 0 radical (unpaired) electrons. The number of hydrogen-bond donors (Lipinski definition) is 3. The van der Waals surface area contributed by atoms with Gasteiger partial charge in [-0.05, 0) is 44.1 Å². The van der Waals surface area contributed by atoms with Crippen LogP contribution in [0, 0.1) is 6.92 Å². The van der Waals surface area contributed by atoms with E-state index in [1.165, 1.54) is 0 Å². The smallest absolute Gasteiger partial charge is 0.243 e. The number of anilines is 1. The summed E-state index contributed by atoms with van der Waals surface area (Å²) in [6, 6.07) is 10.5. The highest BCUT2D eigenvalue weighted by Crippen LogP contribution is 2.09. The van der Waals surface area contributed by atoms with Crippen molar-refractivity contribution in [2.75, 3.05) is 18.8 Å². The summed E-state index contributed by atoms with van der Waals surface area (Å²) in [5, 5.41) is 5.86. The molecule has 2 aromatic rings. The maximum Gasteiger partial charge on any atom is 0.243 e. The first-order chi connectivity index (χ1) is 14.3. The topological polar surface area (TPSA) is 100 Å². The van der Waals surface area contributed by atoms with E-state index in [-0.39, 0.29) is 17.9 Å². The first-order valence-electron chi connectivity index (χ1n) is 10.4. The molecule has 0 saturated carbocycles. The molecule has 162 valence electrons. The van der Waals surface area contributed by atoms with E-state index in [2.05, 4.69) is 20.5 Å². The van der Waals surface area contributed by atoms with Crippen LogP contribution >= 0.6 is 0 Å². The number of nitrogens with zero attached hydrogens (tertiary/aromatic N) is 2. The molecule has 1 heterocycles. The van der Waals surface area contributed by atoms with Gasteiger partial charge in [0.25, 0.3) is 0 Å². The summed E-state index contributed by atoms with van der Waals surface area (Å²) in [7, 11) is 0. The molecule has 0 aliphatic heterocycles. The number of amides is 2. The van der Waals surface area contributed by atoms with Crippen molar-refractivity contribution in [1.82, 2.24) is 20.5 Å². The second-order valence-electron chi connectivity index (χ2n) is 7.46. The van der Waals surface area contributed by atoms with Crippen LogP contribution in [-0.2, 0) is 22.6 Å². The molecule has 2 amide bonds. The highest BCUT2D eigenvalue weighted by atomic mass is 16.2. The normalized spacial score (nSPS) is 13.0. The number of benzene rings is 1. The number of carbonyl (C=O) groups excluding carboxylic acids is 2. The maximum atomic E-state index is 13.0. The van der Waals surface area contributed by atoms with E-state index in [4.69, 9.17) is 5.73 Å². The van der Waals surface area contributed by atoms with Gasteiger partial charge in [-0.25, -0.2) is 4.98 Å². The Morgan fingerprint density at radius 1 is 1.10 bits per heavy atom. The van der Waals surface area contributed by atoms with Crippen molar-refractivity contribution in [1.29, 1.82) is 0 Å². The van der Waals surface area contributed by atoms with Crippen molar-refractivity contribution in [2.45, 2.75) is 52.7 Å². The van der Waals surface area contributed by atoms with Crippen molar-refractivity contribution in [2.24, 2.45) is 0 Å². The Labute approximate surface area is 179 Å². The predicted molar refractivity (Wildman–Crippen MR) is 120 cm³/mol. The molecular formula is C23H33N5O2. The van der Waals surface area contributed by atoms with E-state index in [1.54, 1.807) is 12.3 Å². The van der Waals surface area contributed by atoms with E-state index >= 15 is 0 Å². The Morgan fingerprint density at radius 2 is 1.83 bits per heavy atom. The Hall–Kier alpha value is -2.93. The van der Waals surface area contributed by atoms with Crippen LogP contribution in [0.1, 0.15) is 37.5 Å². The number of carbonyl (C=O) groups is 2. The van der Waals surface area contributed by atoms with Crippen molar-refractivity contribution >= 4 is 17.6 Å².